The van der Waals surface area contributed by atoms with E-state index in [-0.39, 0.29) is 17.1 Å². The number of carbonyl (C=O) groups is 3. The number of ketones is 1. The van der Waals surface area contributed by atoms with Crippen molar-refractivity contribution in [2.24, 2.45) is 5.73 Å². The number of primary amides is 1. The Morgan fingerprint density at radius 2 is 1.84 bits per heavy atom. The van der Waals surface area contributed by atoms with Crippen molar-refractivity contribution in [1.82, 2.24) is 0 Å². The monoisotopic (exact) mass is 340 g/mol. The van der Waals surface area contributed by atoms with E-state index in [0.717, 1.165) is 5.56 Å². The van der Waals surface area contributed by atoms with E-state index in [1.165, 1.54) is 6.92 Å². The van der Waals surface area contributed by atoms with Gasteiger partial charge in [0.15, 0.2) is 11.9 Å². The van der Waals surface area contributed by atoms with Crippen LogP contribution in [0.3, 0.4) is 0 Å². The van der Waals surface area contributed by atoms with E-state index < -0.39 is 17.9 Å². The Morgan fingerprint density at radius 1 is 1.12 bits per heavy atom. The van der Waals surface area contributed by atoms with E-state index in [4.69, 9.17) is 10.5 Å². The van der Waals surface area contributed by atoms with Crippen LogP contribution in [0.4, 0.5) is 5.69 Å². The van der Waals surface area contributed by atoms with Crippen LogP contribution >= 0.6 is 0 Å². The number of Topliss-reactive ketones (excluding diaryl/α,β-unsaturated/α-hetero) is 1. The Labute approximate surface area is 146 Å². The van der Waals surface area contributed by atoms with Crippen molar-refractivity contribution in [3.05, 3.63) is 59.2 Å². The smallest absolute Gasteiger partial charge is 0.265 e. The minimum Gasteiger partial charge on any atom is -0.480 e. The van der Waals surface area contributed by atoms with Gasteiger partial charge < -0.3 is 15.8 Å². The molecule has 0 aliphatic heterocycles. The normalized spacial score (nSPS) is 11.5. The summed E-state index contributed by atoms with van der Waals surface area (Å²) in [5.74, 6) is -0.867. The number of ether oxygens (including phenoxy) is 1. The molecule has 2 aromatic rings. The first-order valence-electron chi connectivity index (χ1n) is 7.77. The predicted octanol–water partition coefficient (Wildman–Crippen LogP) is 2.70. The average Bonchev–Trinajstić information content (AvgIpc) is 2.54. The summed E-state index contributed by atoms with van der Waals surface area (Å²) in [7, 11) is 0. The molecule has 0 aliphatic carbocycles. The number of anilines is 1. The maximum Gasteiger partial charge on any atom is 0.265 e. The van der Waals surface area contributed by atoms with Gasteiger partial charge in [0.1, 0.15) is 5.75 Å². The van der Waals surface area contributed by atoms with Crippen LogP contribution in [0.5, 0.6) is 5.75 Å². The number of rotatable bonds is 6. The molecular weight excluding hydrogens is 320 g/mol. The molecule has 6 nitrogen and oxygen atoms in total. The zero-order chi connectivity index (χ0) is 18.6. The first-order chi connectivity index (χ1) is 11.8. The summed E-state index contributed by atoms with van der Waals surface area (Å²) in [5, 5.41) is 2.69. The molecule has 0 unspecified atom stereocenters. The number of hydrogen-bond donors (Lipinski definition) is 2. The highest BCUT2D eigenvalue weighted by Crippen LogP contribution is 2.22. The third-order valence-corrected chi connectivity index (χ3v) is 3.61. The molecule has 0 radical (unpaired) electrons. The number of amides is 2. The fourth-order valence-electron chi connectivity index (χ4n) is 2.23. The van der Waals surface area contributed by atoms with Crippen molar-refractivity contribution in [1.29, 1.82) is 0 Å². The van der Waals surface area contributed by atoms with Crippen molar-refractivity contribution in [3.63, 3.8) is 0 Å². The minimum atomic E-state index is -0.860. The van der Waals surface area contributed by atoms with Gasteiger partial charge in [-0.1, -0.05) is 18.2 Å². The number of nitrogens with one attached hydrogen (secondary N) is 1. The molecule has 0 saturated carbocycles. The van der Waals surface area contributed by atoms with Crippen LogP contribution in [-0.2, 0) is 4.79 Å². The molecule has 25 heavy (non-hydrogen) atoms. The van der Waals surface area contributed by atoms with Crippen LogP contribution in [0.1, 0.15) is 40.1 Å². The quantitative estimate of drug-likeness (QED) is 0.790. The molecule has 0 heterocycles. The fraction of sp³-hybridized carbons (Fsp3) is 0.211. The number of carbonyl (C=O) groups excluding carboxylic acids is 3. The molecule has 0 spiro atoms. The van der Waals surface area contributed by atoms with Crippen LogP contribution < -0.4 is 15.8 Å². The second-order valence-electron chi connectivity index (χ2n) is 5.75. The fourth-order valence-corrected chi connectivity index (χ4v) is 2.23. The molecule has 2 amide bonds. The Hall–Kier alpha value is -3.15. The predicted molar refractivity (Wildman–Crippen MR) is 94.9 cm³/mol. The van der Waals surface area contributed by atoms with Gasteiger partial charge in [-0.2, -0.15) is 0 Å². The van der Waals surface area contributed by atoms with E-state index in [1.54, 1.807) is 49.4 Å². The van der Waals surface area contributed by atoms with E-state index >= 15 is 0 Å². The zero-order valence-electron chi connectivity index (χ0n) is 14.3. The van der Waals surface area contributed by atoms with Crippen molar-refractivity contribution in [2.45, 2.75) is 26.9 Å². The summed E-state index contributed by atoms with van der Waals surface area (Å²) in [6, 6.07) is 11.6. The lowest BCUT2D eigenvalue weighted by molar-refractivity contribution is -0.122. The summed E-state index contributed by atoms with van der Waals surface area (Å²) in [4.78, 5) is 35.2. The van der Waals surface area contributed by atoms with E-state index in [1.807, 2.05) is 6.92 Å². The molecule has 6 heteroatoms. The summed E-state index contributed by atoms with van der Waals surface area (Å²) < 4.78 is 5.62. The molecule has 2 aromatic carbocycles. The molecule has 1 atom stereocenters. The summed E-state index contributed by atoms with van der Waals surface area (Å²) in [6.07, 6.45) is -0.860. The van der Waals surface area contributed by atoms with E-state index in [2.05, 4.69) is 5.32 Å². The molecule has 0 saturated heterocycles. The first-order valence-corrected chi connectivity index (χ1v) is 7.77. The van der Waals surface area contributed by atoms with Crippen LogP contribution in [0.2, 0.25) is 0 Å². The lowest BCUT2D eigenvalue weighted by atomic mass is 10.1. The Kier molecular flexibility index (Phi) is 5.54. The van der Waals surface area contributed by atoms with Crippen LogP contribution in [0, 0.1) is 6.92 Å². The highest BCUT2D eigenvalue weighted by atomic mass is 16.5. The molecule has 0 bridgehead atoms. The van der Waals surface area contributed by atoms with Crippen molar-refractivity contribution in [2.75, 3.05) is 5.32 Å². The third-order valence-electron chi connectivity index (χ3n) is 3.61. The average molecular weight is 340 g/mol. The first kappa shape index (κ1) is 18.2. The van der Waals surface area contributed by atoms with Crippen molar-refractivity contribution >= 4 is 23.3 Å². The lowest BCUT2D eigenvalue weighted by Gasteiger charge is -2.17. The summed E-state index contributed by atoms with van der Waals surface area (Å²) in [6.45, 7) is 4.86. The zero-order valence-corrected chi connectivity index (χ0v) is 14.3. The van der Waals surface area contributed by atoms with Crippen molar-refractivity contribution in [3.8, 4) is 5.75 Å². The van der Waals surface area contributed by atoms with E-state index in [9.17, 15) is 14.4 Å². The van der Waals surface area contributed by atoms with Crippen LogP contribution in [0.15, 0.2) is 42.5 Å². The molecule has 3 N–H and O–H groups in total. The van der Waals surface area contributed by atoms with Gasteiger partial charge in [0.2, 0.25) is 0 Å². The maximum absolute atomic E-state index is 12.3. The molecule has 0 fully saturated rings. The summed E-state index contributed by atoms with van der Waals surface area (Å²) >= 11 is 0. The summed E-state index contributed by atoms with van der Waals surface area (Å²) in [5.41, 5.74) is 7.42. The Bertz CT molecular complexity index is 830. The maximum atomic E-state index is 12.3. The minimum absolute atomic E-state index is 0.0914. The number of benzene rings is 2. The molecule has 0 aromatic heterocycles. The van der Waals surface area contributed by atoms with Gasteiger partial charge in [0.05, 0.1) is 5.56 Å². The second kappa shape index (κ2) is 7.61. The van der Waals surface area contributed by atoms with Gasteiger partial charge in [0, 0.05) is 11.3 Å². The van der Waals surface area contributed by atoms with Crippen LogP contribution in [-0.4, -0.2) is 23.7 Å². The van der Waals surface area contributed by atoms with Gasteiger partial charge in [-0.05, 0) is 50.6 Å². The second-order valence-corrected chi connectivity index (χ2v) is 5.75. The van der Waals surface area contributed by atoms with Gasteiger partial charge in [-0.15, -0.1) is 0 Å². The Balaban J connectivity index is 2.13. The SMILES string of the molecule is CC(=O)c1cccc(NC(=O)[C@H](C)Oc2cc(C)ccc2C(N)=O)c1. The standard InChI is InChI=1S/C19H20N2O4/c1-11-7-8-16(18(20)23)17(9-11)25-13(3)19(24)21-15-6-4-5-14(10-15)12(2)22/h4-10,13H,1-3H3,(H2,20,23)(H,21,24)/t13-/m0/s1. The molecule has 130 valence electrons. The topological polar surface area (TPSA) is 98.5 Å². The number of nitrogens with two attached hydrogens (primary N) is 1. The molecular formula is C19H20N2O4. The van der Waals surface area contributed by atoms with Gasteiger partial charge in [-0.25, -0.2) is 0 Å². The van der Waals surface area contributed by atoms with Crippen molar-refractivity contribution < 1.29 is 19.1 Å². The largest absolute Gasteiger partial charge is 0.480 e. The lowest BCUT2D eigenvalue weighted by Crippen LogP contribution is -2.31. The molecule has 2 rings (SSSR count). The van der Waals surface area contributed by atoms with E-state index in [0.29, 0.717) is 11.3 Å². The number of hydrogen-bond acceptors (Lipinski definition) is 4. The van der Waals surface area contributed by atoms with Gasteiger partial charge >= 0.3 is 0 Å². The highest BCUT2D eigenvalue weighted by molar-refractivity contribution is 5.98. The third kappa shape index (κ3) is 4.67. The van der Waals surface area contributed by atoms with Gasteiger partial charge in [-0.3, -0.25) is 14.4 Å². The highest BCUT2D eigenvalue weighted by Gasteiger charge is 2.18. The molecule has 0 aliphatic rings. The number of aryl methyl sites for hydroxylation is 1. The van der Waals surface area contributed by atoms with Gasteiger partial charge in [0.25, 0.3) is 11.8 Å². The Morgan fingerprint density at radius 3 is 2.48 bits per heavy atom. The van der Waals surface area contributed by atoms with Crippen LogP contribution in [0.25, 0.3) is 0 Å².